The highest BCUT2D eigenvalue weighted by molar-refractivity contribution is 8.00. The van der Waals surface area contributed by atoms with E-state index in [1.807, 2.05) is 11.8 Å². The summed E-state index contributed by atoms with van der Waals surface area (Å²) in [6, 6.07) is 33.6. The summed E-state index contributed by atoms with van der Waals surface area (Å²) in [5.41, 5.74) is 4.24. The minimum Gasteiger partial charge on any atom is -0.116 e. The molecule has 1 aliphatic carbocycles. The fourth-order valence-corrected chi connectivity index (χ4v) is 7.36. The Morgan fingerprint density at radius 2 is 1.25 bits per heavy atom. The Morgan fingerprint density at radius 1 is 0.656 bits per heavy atom. The number of fused-ring (bicyclic) bond motifs is 9. The average Bonchev–Trinajstić information content (AvgIpc) is 3.16. The lowest BCUT2D eigenvalue weighted by molar-refractivity contribution is 0.628. The largest absolute Gasteiger partial charge is 0.116 e. The summed E-state index contributed by atoms with van der Waals surface area (Å²) >= 11 is 2.01. The second kappa shape index (κ2) is 6.60. The molecule has 2 unspecified atom stereocenters. The van der Waals surface area contributed by atoms with Crippen molar-refractivity contribution in [2.24, 2.45) is 0 Å². The lowest BCUT2D eigenvalue weighted by Crippen LogP contribution is -2.31. The molecule has 0 N–H and O–H groups in total. The Labute approximate surface area is 192 Å². The summed E-state index contributed by atoms with van der Waals surface area (Å²) in [6.45, 7) is 2.39. The molecule has 152 valence electrons. The molecule has 0 bridgehead atoms. The standard InChI is InChI=1S/C31H22S/c1-31-18-8-13-21(30(31)32-29-15-7-6-14-28(29)31)20-16-17-26-24-11-3-2-9-22(24)23-10-4-5-12-25(23)27(26)19-20/h2-19,30H,1H3. The zero-order valence-electron chi connectivity index (χ0n) is 17.9. The zero-order chi connectivity index (χ0) is 21.3. The van der Waals surface area contributed by atoms with Gasteiger partial charge in [0.05, 0.1) is 0 Å². The molecule has 1 aliphatic heterocycles. The van der Waals surface area contributed by atoms with Gasteiger partial charge in [-0.05, 0) is 61.2 Å². The molecule has 5 aromatic rings. The van der Waals surface area contributed by atoms with Crippen molar-refractivity contribution >= 4 is 49.7 Å². The van der Waals surface area contributed by atoms with Crippen molar-refractivity contribution in [3.05, 3.63) is 120 Å². The predicted molar refractivity (Wildman–Crippen MR) is 140 cm³/mol. The maximum absolute atomic E-state index is 2.43. The number of benzene rings is 5. The molecule has 32 heavy (non-hydrogen) atoms. The second-order valence-electron chi connectivity index (χ2n) is 9.11. The Balaban J connectivity index is 1.47. The maximum atomic E-state index is 2.43. The van der Waals surface area contributed by atoms with Crippen LogP contribution in [0.25, 0.3) is 37.9 Å². The molecule has 0 aromatic heterocycles. The van der Waals surface area contributed by atoms with Crippen LogP contribution in [0.1, 0.15) is 18.1 Å². The first-order valence-corrected chi connectivity index (χ1v) is 12.1. The minimum atomic E-state index is 0.0335. The fraction of sp³-hybridized carbons (Fsp3) is 0.0968. The lowest BCUT2D eigenvalue weighted by atomic mass is 9.73. The van der Waals surface area contributed by atoms with Crippen molar-refractivity contribution in [1.82, 2.24) is 0 Å². The summed E-state index contributed by atoms with van der Waals surface area (Å²) in [7, 11) is 0. The van der Waals surface area contributed by atoms with Crippen molar-refractivity contribution in [3.8, 4) is 0 Å². The number of thioether (sulfide) groups is 1. The average molecular weight is 427 g/mol. The van der Waals surface area contributed by atoms with Gasteiger partial charge < -0.3 is 0 Å². The van der Waals surface area contributed by atoms with E-state index in [1.165, 1.54) is 53.9 Å². The van der Waals surface area contributed by atoms with E-state index in [2.05, 4.69) is 116 Å². The van der Waals surface area contributed by atoms with Crippen LogP contribution in [0.5, 0.6) is 0 Å². The minimum absolute atomic E-state index is 0.0335. The highest BCUT2D eigenvalue weighted by Crippen LogP contribution is 2.56. The van der Waals surface area contributed by atoms with Gasteiger partial charge >= 0.3 is 0 Å². The summed E-state index contributed by atoms with van der Waals surface area (Å²) in [6.07, 6.45) is 6.98. The van der Waals surface area contributed by atoms with Gasteiger partial charge in [-0.25, -0.2) is 0 Å². The van der Waals surface area contributed by atoms with Gasteiger partial charge in [-0.15, -0.1) is 11.8 Å². The smallest absolute Gasteiger partial charge is 0.0479 e. The van der Waals surface area contributed by atoms with Crippen LogP contribution in [0, 0.1) is 0 Å². The molecule has 0 radical (unpaired) electrons. The van der Waals surface area contributed by atoms with E-state index in [0.29, 0.717) is 5.25 Å². The van der Waals surface area contributed by atoms with E-state index in [9.17, 15) is 0 Å². The van der Waals surface area contributed by atoms with Gasteiger partial charge in [0.25, 0.3) is 0 Å². The summed E-state index contributed by atoms with van der Waals surface area (Å²) < 4.78 is 0. The molecule has 0 saturated heterocycles. The van der Waals surface area contributed by atoms with Crippen molar-refractivity contribution in [1.29, 1.82) is 0 Å². The first-order chi connectivity index (χ1) is 15.7. The second-order valence-corrected chi connectivity index (χ2v) is 10.3. The molecule has 2 aliphatic rings. The highest BCUT2D eigenvalue weighted by atomic mass is 32.2. The monoisotopic (exact) mass is 426 g/mol. The van der Waals surface area contributed by atoms with Crippen molar-refractivity contribution < 1.29 is 0 Å². The summed E-state index contributed by atoms with van der Waals surface area (Å²) in [5.74, 6) is 0. The van der Waals surface area contributed by atoms with Crippen LogP contribution in [0.2, 0.25) is 0 Å². The molecule has 7 rings (SSSR count). The van der Waals surface area contributed by atoms with Crippen molar-refractivity contribution in [2.45, 2.75) is 22.5 Å². The fourth-order valence-electron chi connectivity index (χ4n) is 5.74. The van der Waals surface area contributed by atoms with Crippen molar-refractivity contribution in [3.63, 3.8) is 0 Å². The third kappa shape index (κ3) is 2.40. The van der Waals surface area contributed by atoms with E-state index in [-0.39, 0.29) is 5.41 Å². The number of rotatable bonds is 1. The summed E-state index contributed by atoms with van der Waals surface area (Å²) in [5, 5.41) is 8.40. The molecule has 0 saturated carbocycles. The van der Waals surface area contributed by atoms with Gasteiger partial charge in [0.15, 0.2) is 0 Å². The Hall–Kier alpha value is -3.29. The molecule has 0 nitrogen and oxygen atoms in total. The van der Waals surface area contributed by atoms with Crippen molar-refractivity contribution in [2.75, 3.05) is 0 Å². The number of allylic oxidation sites excluding steroid dienone is 3. The zero-order valence-corrected chi connectivity index (χ0v) is 18.7. The van der Waals surface area contributed by atoms with Crippen LogP contribution in [0.4, 0.5) is 0 Å². The van der Waals surface area contributed by atoms with Gasteiger partial charge in [0, 0.05) is 15.6 Å². The maximum Gasteiger partial charge on any atom is 0.0479 e. The molecule has 2 atom stereocenters. The highest BCUT2D eigenvalue weighted by Gasteiger charge is 2.45. The SMILES string of the molecule is CC12C=CC=C(c3ccc4c5ccccc5c5ccccc5c4c3)C1Sc1ccccc12. The molecular weight excluding hydrogens is 404 g/mol. The van der Waals surface area contributed by atoms with Gasteiger partial charge in [-0.3, -0.25) is 0 Å². The van der Waals surface area contributed by atoms with Gasteiger partial charge in [-0.1, -0.05) is 104 Å². The van der Waals surface area contributed by atoms with E-state index in [1.54, 1.807) is 0 Å². The van der Waals surface area contributed by atoms with Crippen LogP contribution < -0.4 is 0 Å². The van der Waals surface area contributed by atoms with Crippen LogP contribution in [-0.4, -0.2) is 5.25 Å². The van der Waals surface area contributed by atoms with E-state index in [0.717, 1.165) is 0 Å². The Bertz CT molecular complexity index is 1590. The predicted octanol–water partition coefficient (Wildman–Crippen LogP) is 8.53. The topological polar surface area (TPSA) is 0 Å². The van der Waals surface area contributed by atoms with E-state index < -0.39 is 0 Å². The lowest BCUT2D eigenvalue weighted by Gasteiger charge is -2.33. The first-order valence-electron chi connectivity index (χ1n) is 11.2. The molecular formula is C31H22S. The van der Waals surface area contributed by atoms with Gasteiger partial charge in [0.1, 0.15) is 0 Å². The molecule has 1 heteroatoms. The molecule has 0 spiro atoms. The molecule has 5 aromatic carbocycles. The Morgan fingerprint density at radius 3 is 1.97 bits per heavy atom. The molecule has 0 amide bonds. The van der Waals surface area contributed by atoms with Gasteiger partial charge in [-0.2, -0.15) is 0 Å². The van der Waals surface area contributed by atoms with Crippen LogP contribution >= 0.6 is 11.8 Å². The number of hydrogen-bond acceptors (Lipinski definition) is 1. The first kappa shape index (κ1) is 18.3. The van der Waals surface area contributed by atoms with E-state index >= 15 is 0 Å². The normalized spacial score (nSPS) is 21.7. The van der Waals surface area contributed by atoms with E-state index in [4.69, 9.17) is 0 Å². The third-order valence-corrected chi connectivity index (χ3v) is 8.92. The summed E-state index contributed by atoms with van der Waals surface area (Å²) in [4.78, 5) is 1.41. The van der Waals surface area contributed by atoms with Crippen LogP contribution in [-0.2, 0) is 5.41 Å². The Kier molecular flexibility index (Phi) is 3.78. The van der Waals surface area contributed by atoms with Crippen LogP contribution in [0.15, 0.2) is 114 Å². The third-order valence-electron chi connectivity index (χ3n) is 7.34. The quantitative estimate of drug-likeness (QED) is 0.242. The molecule has 0 fully saturated rings. The molecule has 1 heterocycles. The van der Waals surface area contributed by atoms with Crippen LogP contribution in [0.3, 0.4) is 0 Å². The number of hydrogen-bond donors (Lipinski definition) is 0. The van der Waals surface area contributed by atoms with Gasteiger partial charge in [0.2, 0.25) is 0 Å².